The van der Waals surface area contributed by atoms with Crippen molar-refractivity contribution in [2.24, 2.45) is 0 Å². The molecule has 8 heteroatoms. The summed E-state index contributed by atoms with van der Waals surface area (Å²) < 4.78 is 18.0. The van der Waals surface area contributed by atoms with E-state index in [1.807, 2.05) is 0 Å². The Bertz CT molecular complexity index is 574. The van der Waals surface area contributed by atoms with E-state index in [2.05, 4.69) is 30.9 Å². The molecule has 0 aliphatic rings. The fraction of sp³-hybridized carbons (Fsp3) is 0.100. The summed E-state index contributed by atoms with van der Waals surface area (Å²) in [6, 6.07) is 3.77. The predicted octanol–water partition coefficient (Wildman–Crippen LogP) is 3.10. The van der Waals surface area contributed by atoms with Crippen LogP contribution in [0.1, 0.15) is 5.69 Å². The monoisotopic (exact) mass is 315 g/mol. The van der Waals surface area contributed by atoms with Crippen molar-refractivity contribution in [1.82, 2.24) is 5.16 Å². The molecule has 0 aliphatic heterocycles. The number of hydrogen-bond acceptors (Lipinski definition) is 5. The van der Waals surface area contributed by atoms with Gasteiger partial charge in [-0.25, -0.2) is 4.39 Å². The van der Waals surface area contributed by atoms with Crippen molar-refractivity contribution in [2.75, 3.05) is 5.32 Å². The van der Waals surface area contributed by atoms with Gasteiger partial charge >= 0.3 is 0 Å². The molecular weight excluding hydrogens is 309 g/mol. The van der Waals surface area contributed by atoms with Crippen LogP contribution in [0.4, 0.5) is 15.8 Å². The highest BCUT2D eigenvalue weighted by molar-refractivity contribution is 9.10. The van der Waals surface area contributed by atoms with Gasteiger partial charge in [0.25, 0.3) is 5.69 Å². The van der Waals surface area contributed by atoms with Crippen molar-refractivity contribution in [2.45, 2.75) is 6.54 Å². The lowest BCUT2D eigenvalue weighted by Crippen LogP contribution is -2.03. The molecule has 0 radical (unpaired) electrons. The Morgan fingerprint density at radius 1 is 1.56 bits per heavy atom. The van der Waals surface area contributed by atoms with Gasteiger partial charge in [0.15, 0.2) is 0 Å². The molecule has 0 bridgehead atoms. The molecule has 2 rings (SSSR count). The lowest BCUT2D eigenvalue weighted by Gasteiger charge is -2.06. The van der Waals surface area contributed by atoms with Gasteiger partial charge < -0.3 is 9.84 Å². The first-order valence-corrected chi connectivity index (χ1v) is 5.64. The second kappa shape index (κ2) is 5.13. The highest BCUT2D eigenvalue weighted by Gasteiger charge is 2.17. The number of nitro benzene ring substituents is 1. The number of rotatable bonds is 4. The number of aromatic nitrogens is 1. The Hall–Kier alpha value is -1.96. The van der Waals surface area contributed by atoms with E-state index in [0.29, 0.717) is 5.69 Å². The van der Waals surface area contributed by atoms with E-state index in [9.17, 15) is 14.5 Å². The largest absolute Gasteiger partial charge is 0.374 e. The van der Waals surface area contributed by atoms with Crippen molar-refractivity contribution >= 4 is 27.3 Å². The zero-order chi connectivity index (χ0) is 13.1. The van der Waals surface area contributed by atoms with Crippen molar-refractivity contribution in [1.29, 1.82) is 0 Å². The van der Waals surface area contributed by atoms with Gasteiger partial charge in [0.2, 0.25) is 0 Å². The average molecular weight is 316 g/mol. The summed E-state index contributed by atoms with van der Waals surface area (Å²) in [5, 5.41) is 17.2. The minimum Gasteiger partial charge on any atom is -0.374 e. The summed E-state index contributed by atoms with van der Waals surface area (Å²) in [5.41, 5.74) is 0.433. The number of hydrogen-bond donors (Lipinski definition) is 1. The third kappa shape index (κ3) is 2.65. The lowest BCUT2D eigenvalue weighted by atomic mass is 10.2. The molecule has 18 heavy (non-hydrogen) atoms. The molecule has 1 aromatic carbocycles. The molecule has 0 saturated heterocycles. The Labute approximate surface area is 109 Å². The van der Waals surface area contributed by atoms with Gasteiger partial charge in [-0.2, -0.15) is 0 Å². The molecule has 1 aromatic heterocycles. The van der Waals surface area contributed by atoms with Crippen molar-refractivity contribution in [3.8, 4) is 0 Å². The smallest absolute Gasteiger partial charge is 0.293 e. The van der Waals surface area contributed by atoms with Crippen molar-refractivity contribution in [3.05, 3.63) is 50.6 Å². The summed E-state index contributed by atoms with van der Waals surface area (Å²) in [7, 11) is 0. The Balaban J connectivity index is 2.25. The summed E-state index contributed by atoms with van der Waals surface area (Å²) >= 11 is 2.90. The van der Waals surface area contributed by atoms with Crippen LogP contribution in [-0.2, 0) is 6.54 Å². The number of nitro groups is 1. The minimum absolute atomic E-state index is 0.0428. The quantitative estimate of drug-likeness (QED) is 0.692. The normalized spacial score (nSPS) is 10.3. The maximum atomic E-state index is 13.3. The predicted molar refractivity (Wildman–Crippen MR) is 64.6 cm³/mol. The van der Waals surface area contributed by atoms with Crippen LogP contribution >= 0.6 is 15.9 Å². The van der Waals surface area contributed by atoms with E-state index in [1.54, 1.807) is 6.07 Å². The molecule has 6 nitrogen and oxygen atoms in total. The standard InChI is InChI=1S/C10H7BrFN3O3/c11-7-3-10(15(16)17)9(4-8(7)12)13-5-6-1-2-18-14-6/h1-4,13H,5H2. The molecule has 1 heterocycles. The molecule has 2 aromatic rings. The SMILES string of the molecule is O=[N+]([O-])c1cc(Br)c(F)cc1NCc1ccon1. The van der Waals surface area contributed by atoms with Gasteiger partial charge in [0.05, 0.1) is 15.9 Å². The van der Waals surface area contributed by atoms with Crippen molar-refractivity contribution in [3.63, 3.8) is 0 Å². The number of benzene rings is 1. The van der Waals surface area contributed by atoms with Crippen LogP contribution in [-0.4, -0.2) is 10.1 Å². The van der Waals surface area contributed by atoms with E-state index in [4.69, 9.17) is 0 Å². The zero-order valence-corrected chi connectivity index (χ0v) is 10.5. The van der Waals surface area contributed by atoms with Crippen LogP contribution < -0.4 is 5.32 Å². The molecule has 1 N–H and O–H groups in total. The Morgan fingerprint density at radius 3 is 2.94 bits per heavy atom. The Kier molecular flexibility index (Phi) is 3.56. The molecule has 0 atom stereocenters. The molecule has 0 aliphatic carbocycles. The molecule has 0 saturated carbocycles. The third-order valence-electron chi connectivity index (χ3n) is 2.19. The highest BCUT2D eigenvalue weighted by Crippen LogP contribution is 2.30. The second-order valence-electron chi connectivity index (χ2n) is 3.38. The first-order valence-electron chi connectivity index (χ1n) is 4.84. The molecular formula is C10H7BrFN3O3. The fourth-order valence-corrected chi connectivity index (χ4v) is 1.67. The first kappa shape index (κ1) is 12.5. The highest BCUT2D eigenvalue weighted by atomic mass is 79.9. The van der Waals surface area contributed by atoms with E-state index >= 15 is 0 Å². The van der Waals surface area contributed by atoms with Gasteiger partial charge in [-0.15, -0.1) is 0 Å². The topological polar surface area (TPSA) is 81.2 Å². The number of anilines is 1. The molecule has 0 spiro atoms. The van der Waals surface area contributed by atoms with E-state index < -0.39 is 10.7 Å². The van der Waals surface area contributed by atoms with Gasteiger partial charge in [0.1, 0.15) is 23.5 Å². The van der Waals surface area contributed by atoms with Crippen LogP contribution in [0.3, 0.4) is 0 Å². The second-order valence-corrected chi connectivity index (χ2v) is 4.24. The summed E-state index contributed by atoms with van der Waals surface area (Å²) in [6.45, 7) is 0.207. The average Bonchev–Trinajstić information content (AvgIpc) is 2.83. The van der Waals surface area contributed by atoms with E-state index in [1.165, 1.54) is 6.26 Å². The maximum absolute atomic E-state index is 13.3. The minimum atomic E-state index is -0.588. The Morgan fingerprint density at radius 2 is 2.33 bits per heavy atom. The fourth-order valence-electron chi connectivity index (χ4n) is 1.34. The summed E-state index contributed by atoms with van der Waals surface area (Å²) in [4.78, 5) is 10.2. The van der Waals surface area contributed by atoms with Gasteiger partial charge in [-0.05, 0) is 15.9 Å². The van der Waals surface area contributed by atoms with Crippen LogP contribution in [0.25, 0.3) is 0 Å². The molecule has 94 valence electrons. The first-order chi connectivity index (χ1) is 8.58. The number of halogens is 2. The third-order valence-corrected chi connectivity index (χ3v) is 2.79. The molecule has 0 unspecified atom stereocenters. The zero-order valence-electron chi connectivity index (χ0n) is 8.89. The number of nitrogens with zero attached hydrogens (tertiary/aromatic N) is 2. The summed E-state index contributed by atoms with van der Waals surface area (Å²) in [5.74, 6) is -0.580. The lowest BCUT2D eigenvalue weighted by molar-refractivity contribution is -0.384. The van der Waals surface area contributed by atoms with Crippen LogP contribution in [0.2, 0.25) is 0 Å². The van der Waals surface area contributed by atoms with Crippen LogP contribution in [0.5, 0.6) is 0 Å². The molecule has 0 amide bonds. The maximum Gasteiger partial charge on any atom is 0.293 e. The van der Waals surface area contributed by atoms with E-state index in [0.717, 1.165) is 12.1 Å². The molecule has 0 fully saturated rings. The van der Waals surface area contributed by atoms with Gasteiger partial charge in [-0.1, -0.05) is 5.16 Å². The van der Waals surface area contributed by atoms with Crippen LogP contribution in [0.15, 0.2) is 33.5 Å². The van der Waals surface area contributed by atoms with Gasteiger partial charge in [-0.3, -0.25) is 10.1 Å². The van der Waals surface area contributed by atoms with Crippen LogP contribution in [0, 0.1) is 15.9 Å². The number of nitrogens with one attached hydrogen (secondary N) is 1. The van der Waals surface area contributed by atoms with Crippen molar-refractivity contribution < 1.29 is 13.8 Å². The van der Waals surface area contributed by atoms with E-state index in [-0.39, 0.29) is 22.4 Å². The summed E-state index contributed by atoms with van der Waals surface area (Å²) in [6.07, 6.45) is 1.38. The van der Waals surface area contributed by atoms with Gasteiger partial charge in [0, 0.05) is 18.2 Å².